The molecule has 0 fully saturated rings. The maximum absolute atomic E-state index is 12.1. The highest BCUT2D eigenvalue weighted by molar-refractivity contribution is 5.90. The molecule has 0 atom stereocenters. The smallest absolute Gasteiger partial charge is 0.224 e. The largest absolute Gasteiger partial charge is 0.370 e. The molecule has 9 heteroatoms. The standard InChI is InChI=1S/C24H36N6O.2ClH/c25-18-8-6-4-2-1-3-5-7-9-23(31)29-21-14-10-19(11-15-21)28-20-12-16-22(17-13-20)30-24(26)27;;/h10-17,28H,1-9,18,25H2,(H,29,31)(H4,26,27,30);2*1H. The molecule has 2 aromatic rings. The average molecular weight is 498 g/mol. The van der Waals surface area contributed by atoms with E-state index < -0.39 is 0 Å². The van der Waals surface area contributed by atoms with Crippen molar-refractivity contribution in [3.8, 4) is 0 Å². The number of halogens is 2. The number of unbranched alkanes of at least 4 members (excludes halogenated alkanes) is 7. The lowest BCUT2D eigenvalue weighted by atomic mass is 10.1. The zero-order valence-electron chi connectivity index (χ0n) is 19.1. The molecular formula is C24H38Cl2N6O. The van der Waals surface area contributed by atoms with Gasteiger partial charge in [-0.3, -0.25) is 4.79 Å². The Morgan fingerprint density at radius 1 is 0.697 bits per heavy atom. The Kier molecular flexibility index (Phi) is 16.7. The predicted octanol–water partition coefficient (Wildman–Crippen LogP) is 5.59. The molecule has 7 nitrogen and oxygen atoms in total. The van der Waals surface area contributed by atoms with Crippen LogP contribution in [0.2, 0.25) is 0 Å². The van der Waals surface area contributed by atoms with E-state index in [1.807, 2.05) is 48.5 Å². The van der Waals surface area contributed by atoms with Crippen LogP contribution >= 0.6 is 24.8 Å². The van der Waals surface area contributed by atoms with Crippen molar-refractivity contribution in [1.82, 2.24) is 0 Å². The molecule has 0 saturated heterocycles. The van der Waals surface area contributed by atoms with E-state index in [-0.39, 0.29) is 36.7 Å². The van der Waals surface area contributed by atoms with E-state index in [1.165, 1.54) is 32.1 Å². The Bertz CT molecular complexity index is 809. The third-order valence-corrected chi connectivity index (χ3v) is 4.94. The Morgan fingerprint density at radius 2 is 1.15 bits per heavy atom. The summed E-state index contributed by atoms with van der Waals surface area (Å²) in [6.07, 6.45) is 9.96. The predicted molar refractivity (Wildman–Crippen MR) is 145 cm³/mol. The molecule has 0 saturated carbocycles. The van der Waals surface area contributed by atoms with Gasteiger partial charge in [0.1, 0.15) is 0 Å². The van der Waals surface area contributed by atoms with Crippen LogP contribution in [0.3, 0.4) is 0 Å². The molecule has 0 aliphatic carbocycles. The summed E-state index contributed by atoms with van der Waals surface area (Å²) < 4.78 is 0. The van der Waals surface area contributed by atoms with Gasteiger partial charge < -0.3 is 27.8 Å². The normalized spacial score (nSPS) is 9.85. The lowest BCUT2D eigenvalue weighted by Gasteiger charge is -2.09. The first-order chi connectivity index (χ1) is 15.1. The third kappa shape index (κ3) is 13.6. The minimum atomic E-state index is 0. The van der Waals surface area contributed by atoms with Gasteiger partial charge in [-0.25, -0.2) is 4.99 Å². The van der Waals surface area contributed by atoms with Gasteiger partial charge in [0.05, 0.1) is 5.69 Å². The van der Waals surface area contributed by atoms with Crippen molar-refractivity contribution < 1.29 is 4.79 Å². The van der Waals surface area contributed by atoms with Crippen LogP contribution in [0.25, 0.3) is 0 Å². The summed E-state index contributed by atoms with van der Waals surface area (Å²) in [5.74, 6) is 0.103. The fraction of sp³-hybridized carbons (Fsp3) is 0.417. The molecule has 0 aliphatic heterocycles. The summed E-state index contributed by atoms with van der Waals surface area (Å²) in [7, 11) is 0. The number of nitrogens with zero attached hydrogens (tertiary/aromatic N) is 1. The molecule has 0 unspecified atom stereocenters. The Hall–Kier alpha value is -2.48. The Morgan fingerprint density at radius 3 is 1.67 bits per heavy atom. The molecule has 8 N–H and O–H groups in total. The van der Waals surface area contributed by atoms with Crippen molar-refractivity contribution in [3.63, 3.8) is 0 Å². The van der Waals surface area contributed by atoms with Crippen molar-refractivity contribution in [2.75, 3.05) is 17.2 Å². The lowest BCUT2D eigenvalue weighted by Crippen LogP contribution is -2.21. The third-order valence-electron chi connectivity index (χ3n) is 4.94. The topological polar surface area (TPSA) is 132 Å². The monoisotopic (exact) mass is 496 g/mol. The maximum atomic E-state index is 12.1. The number of anilines is 3. The number of aliphatic imine (C=N–C) groups is 1. The SMILES string of the molecule is Cl.Cl.NCCCCCCCCCCC(=O)Nc1ccc(Nc2ccc(N=C(N)N)cc2)cc1. The molecule has 0 aliphatic rings. The van der Waals surface area contributed by atoms with E-state index in [2.05, 4.69) is 15.6 Å². The van der Waals surface area contributed by atoms with Crippen molar-refractivity contribution in [2.24, 2.45) is 22.2 Å². The minimum Gasteiger partial charge on any atom is -0.370 e. The van der Waals surface area contributed by atoms with Crippen LogP contribution in [0, 0.1) is 0 Å². The van der Waals surface area contributed by atoms with Gasteiger partial charge in [0.15, 0.2) is 5.96 Å². The summed E-state index contributed by atoms with van der Waals surface area (Å²) in [4.78, 5) is 16.1. The molecule has 0 bridgehead atoms. The molecule has 0 spiro atoms. The Labute approximate surface area is 209 Å². The number of benzene rings is 2. The Balaban J connectivity index is 0.00000512. The summed E-state index contributed by atoms with van der Waals surface area (Å²) >= 11 is 0. The van der Waals surface area contributed by atoms with Crippen LogP contribution in [0.5, 0.6) is 0 Å². The number of nitrogens with one attached hydrogen (secondary N) is 2. The van der Waals surface area contributed by atoms with E-state index in [0.717, 1.165) is 42.9 Å². The maximum Gasteiger partial charge on any atom is 0.224 e. The fourth-order valence-electron chi connectivity index (χ4n) is 3.29. The quantitative estimate of drug-likeness (QED) is 0.132. The second-order valence-corrected chi connectivity index (χ2v) is 7.70. The summed E-state index contributed by atoms with van der Waals surface area (Å²) in [5.41, 5.74) is 19.6. The fourth-order valence-corrected chi connectivity index (χ4v) is 3.29. The number of nitrogens with two attached hydrogens (primary N) is 3. The highest BCUT2D eigenvalue weighted by Gasteiger charge is 2.03. The van der Waals surface area contributed by atoms with Gasteiger partial charge in [-0.1, -0.05) is 38.5 Å². The summed E-state index contributed by atoms with van der Waals surface area (Å²) in [6, 6.07) is 15.1. The second-order valence-electron chi connectivity index (χ2n) is 7.70. The molecule has 0 aromatic heterocycles. The van der Waals surface area contributed by atoms with Gasteiger partial charge in [-0.05, 0) is 67.9 Å². The zero-order chi connectivity index (χ0) is 22.3. The number of carbonyl (C=O) groups is 1. The molecule has 2 aromatic carbocycles. The van der Waals surface area contributed by atoms with Gasteiger partial charge in [0, 0.05) is 23.5 Å². The van der Waals surface area contributed by atoms with E-state index in [9.17, 15) is 4.79 Å². The van der Waals surface area contributed by atoms with Gasteiger partial charge in [-0.15, -0.1) is 24.8 Å². The number of amides is 1. The molecule has 2 rings (SSSR count). The van der Waals surface area contributed by atoms with E-state index in [0.29, 0.717) is 12.1 Å². The first-order valence-corrected chi connectivity index (χ1v) is 11.1. The number of guanidine groups is 1. The number of hydrogen-bond donors (Lipinski definition) is 5. The van der Waals surface area contributed by atoms with Crippen LogP contribution in [-0.2, 0) is 4.79 Å². The average Bonchev–Trinajstić information content (AvgIpc) is 2.75. The summed E-state index contributed by atoms with van der Waals surface area (Å²) in [5, 5.41) is 6.27. The van der Waals surface area contributed by atoms with Crippen molar-refractivity contribution in [3.05, 3.63) is 48.5 Å². The van der Waals surface area contributed by atoms with Crippen LogP contribution in [0.15, 0.2) is 53.5 Å². The van der Waals surface area contributed by atoms with Crippen LogP contribution in [0.4, 0.5) is 22.7 Å². The van der Waals surface area contributed by atoms with Gasteiger partial charge in [-0.2, -0.15) is 0 Å². The molecular weight excluding hydrogens is 459 g/mol. The highest BCUT2D eigenvalue weighted by Crippen LogP contribution is 2.22. The van der Waals surface area contributed by atoms with Crippen molar-refractivity contribution >= 4 is 59.4 Å². The van der Waals surface area contributed by atoms with Gasteiger partial charge in [0.25, 0.3) is 0 Å². The van der Waals surface area contributed by atoms with Gasteiger partial charge >= 0.3 is 0 Å². The molecule has 0 radical (unpaired) electrons. The van der Waals surface area contributed by atoms with E-state index in [4.69, 9.17) is 17.2 Å². The van der Waals surface area contributed by atoms with E-state index >= 15 is 0 Å². The molecule has 184 valence electrons. The number of hydrogen-bond acceptors (Lipinski definition) is 4. The van der Waals surface area contributed by atoms with Gasteiger partial charge in [0.2, 0.25) is 5.91 Å². The van der Waals surface area contributed by atoms with Crippen LogP contribution in [-0.4, -0.2) is 18.4 Å². The van der Waals surface area contributed by atoms with E-state index in [1.54, 1.807) is 0 Å². The van der Waals surface area contributed by atoms with Crippen LogP contribution < -0.4 is 27.8 Å². The number of carbonyl (C=O) groups excluding carboxylic acids is 1. The first-order valence-electron chi connectivity index (χ1n) is 11.1. The van der Waals surface area contributed by atoms with Crippen molar-refractivity contribution in [1.29, 1.82) is 0 Å². The summed E-state index contributed by atoms with van der Waals surface area (Å²) in [6.45, 7) is 0.796. The lowest BCUT2D eigenvalue weighted by molar-refractivity contribution is -0.116. The number of rotatable bonds is 14. The molecule has 1 amide bonds. The van der Waals surface area contributed by atoms with Crippen LogP contribution in [0.1, 0.15) is 57.8 Å². The molecule has 0 heterocycles. The first kappa shape index (κ1) is 30.5. The van der Waals surface area contributed by atoms with Crippen molar-refractivity contribution in [2.45, 2.75) is 57.8 Å². The second kappa shape index (κ2) is 18.0. The molecule has 33 heavy (non-hydrogen) atoms. The minimum absolute atomic E-state index is 0. The highest BCUT2D eigenvalue weighted by atomic mass is 35.5. The zero-order valence-corrected chi connectivity index (χ0v) is 20.7.